The van der Waals surface area contributed by atoms with E-state index in [2.05, 4.69) is 10.3 Å². The number of rotatable bonds is 4. The number of fused-ring (bicyclic) bond motifs is 1. The lowest BCUT2D eigenvalue weighted by molar-refractivity contribution is -0.140. The molecule has 0 radical (unpaired) electrons. The summed E-state index contributed by atoms with van der Waals surface area (Å²) in [5.41, 5.74) is -0.939. The Bertz CT molecular complexity index is 821. The Balaban J connectivity index is 1.81. The monoisotopic (exact) mass is 411 g/mol. The van der Waals surface area contributed by atoms with Crippen LogP contribution in [0.3, 0.4) is 0 Å². The van der Waals surface area contributed by atoms with E-state index in [1.807, 2.05) is 10.8 Å². The van der Waals surface area contributed by atoms with Crippen molar-refractivity contribution in [3.05, 3.63) is 45.7 Å². The molecule has 1 aromatic heterocycles. The Kier molecular flexibility index (Phi) is 5.50. The number of hydrogen-bond acceptors (Lipinski definition) is 3. The van der Waals surface area contributed by atoms with Gasteiger partial charge in [-0.1, -0.05) is 29.4 Å². The van der Waals surface area contributed by atoms with E-state index in [1.54, 1.807) is 0 Å². The molecular formula is C16H15ClF5N3S. The molecule has 1 aromatic carbocycles. The van der Waals surface area contributed by atoms with E-state index in [4.69, 9.17) is 11.6 Å². The van der Waals surface area contributed by atoms with Gasteiger partial charge in [0.2, 0.25) is 0 Å². The first-order chi connectivity index (χ1) is 12.2. The van der Waals surface area contributed by atoms with Crippen LogP contribution in [0.1, 0.15) is 29.3 Å². The van der Waals surface area contributed by atoms with Gasteiger partial charge in [-0.25, -0.2) is 13.8 Å². The number of imidazole rings is 1. The fraction of sp³-hybridized carbons (Fsp3) is 0.438. The predicted octanol–water partition coefficient (Wildman–Crippen LogP) is 4.83. The zero-order valence-electron chi connectivity index (χ0n) is 13.6. The number of nitrogens with zero attached hydrogens (tertiary/aromatic N) is 2. The first-order valence-electron chi connectivity index (χ1n) is 7.81. The predicted molar refractivity (Wildman–Crippen MR) is 89.4 cm³/mol. The zero-order chi connectivity index (χ0) is 19.1. The van der Waals surface area contributed by atoms with Crippen LogP contribution in [0.25, 0.3) is 0 Å². The molecular weight excluding hydrogens is 397 g/mol. The minimum absolute atomic E-state index is 0.0642. The van der Waals surface area contributed by atoms with E-state index >= 15 is 0 Å². The van der Waals surface area contributed by atoms with Gasteiger partial charge >= 0.3 is 6.18 Å². The maximum absolute atomic E-state index is 14.0. The second kappa shape index (κ2) is 7.36. The first-order valence-corrected chi connectivity index (χ1v) is 9.41. The van der Waals surface area contributed by atoms with Gasteiger partial charge in [0.05, 0.1) is 17.3 Å². The van der Waals surface area contributed by atoms with Gasteiger partial charge in [0.1, 0.15) is 0 Å². The van der Waals surface area contributed by atoms with E-state index < -0.39 is 23.4 Å². The van der Waals surface area contributed by atoms with Crippen LogP contribution in [-0.2, 0) is 19.1 Å². The molecule has 1 unspecified atom stereocenters. The van der Waals surface area contributed by atoms with Crippen LogP contribution in [0.2, 0.25) is 5.15 Å². The van der Waals surface area contributed by atoms with Crippen molar-refractivity contribution in [1.29, 1.82) is 0 Å². The summed E-state index contributed by atoms with van der Waals surface area (Å²) >= 11 is 7.65. The van der Waals surface area contributed by atoms with Gasteiger partial charge in [-0.15, -0.1) is 0 Å². The molecule has 1 N–H and O–H groups in total. The van der Waals surface area contributed by atoms with Gasteiger partial charge in [-0.2, -0.15) is 13.2 Å². The van der Waals surface area contributed by atoms with Crippen molar-refractivity contribution in [2.75, 3.05) is 12.8 Å². The number of alkyl halides is 3. The van der Waals surface area contributed by atoms with Crippen LogP contribution in [0.15, 0.2) is 17.3 Å². The van der Waals surface area contributed by atoms with Crippen LogP contribution >= 0.6 is 23.4 Å². The SMILES string of the molecule is CSc1nc(Cl)c2n1CCNC2CCc1ccc(C(F)(F)F)c(F)c1F. The Morgan fingerprint density at radius 3 is 2.69 bits per heavy atom. The van der Waals surface area contributed by atoms with Gasteiger partial charge in [0.25, 0.3) is 0 Å². The summed E-state index contributed by atoms with van der Waals surface area (Å²) in [7, 11) is 0. The number of aromatic nitrogens is 2. The number of nitrogens with one attached hydrogen (secondary N) is 1. The quantitative estimate of drug-likeness (QED) is 0.577. The van der Waals surface area contributed by atoms with Crippen molar-refractivity contribution < 1.29 is 22.0 Å². The number of halogens is 6. The highest BCUT2D eigenvalue weighted by Gasteiger charge is 2.36. The summed E-state index contributed by atoms with van der Waals surface area (Å²) in [5, 5.41) is 4.35. The molecule has 142 valence electrons. The molecule has 26 heavy (non-hydrogen) atoms. The lowest BCUT2D eigenvalue weighted by atomic mass is 10.00. The Morgan fingerprint density at radius 2 is 2.04 bits per heavy atom. The summed E-state index contributed by atoms with van der Waals surface area (Å²) in [6, 6.07) is 1.32. The smallest absolute Gasteiger partial charge is 0.319 e. The van der Waals surface area contributed by atoms with Gasteiger partial charge < -0.3 is 9.88 Å². The highest BCUT2D eigenvalue weighted by molar-refractivity contribution is 7.98. The van der Waals surface area contributed by atoms with Crippen molar-refractivity contribution in [2.24, 2.45) is 0 Å². The van der Waals surface area contributed by atoms with Gasteiger partial charge in [0.15, 0.2) is 21.9 Å². The van der Waals surface area contributed by atoms with Crippen LogP contribution in [0.4, 0.5) is 22.0 Å². The summed E-state index contributed by atoms with van der Waals surface area (Å²) in [4.78, 5) is 4.28. The number of thioether (sulfide) groups is 1. The number of benzene rings is 1. The van der Waals surface area contributed by atoms with Gasteiger partial charge in [0, 0.05) is 13.1 Å². The van der Waals surface area contributed by atoms with Crippen LogP contribution < -0.4 is 5.32 Å². The van der Waals surface area contributed by atoms with Crippen molar-refractivity contribution >= 4 is 23.4 Å². The molecule has 0 spiro atoms. The van der Waals surface area contributed by atoms with Gasteiger partial charge in [-0.3, -0.25) is 0 Å². The molecule has 0 saturated carbocycles. The van der Waals surface area contributed by atoms with E-state index in [0.29, 0.717) is 30.7 Å². The lowest BCUT2D eigenvalue weighted by Gasteiger charge is -2.27. The molecule has 1 atom stereocenters. The normalized spacial score (nSPS) is 17.4. The summed E-state index contributed by atoms with van der Waals surface area (Å²) in [6.45, 7) is 1.34. The molecule has 3 nitrogen and oxygen atoms in total. The molecule has 1 aliphatic heterocycles. The minimum atomic E-state index is -4.93. The highest BCUT2D eigenvalue weighted by atomic mass is 35.5. The molecule has 10 heteroatoms. The average molecular weight is 412 g/mol. The maximum Gasteiger partial charge on any atom is 0.419 e. The molecule has 1 aliphatic rings. The highest BCUT2D eigenvalue weighted by Crippen LogP contribution is 2.35. The van der Waals surface area contributed by atoms with E-state index in [1.165, 1.54) is 11.8 Å². The Hall–Kier alpha value is -1.32. The molecule has 0 amide bonds. The maximum atomic E-state index is 14.0. The van der Waals surface area contributed by atoms with E-state index in [0.717, 1.165) is 16.9 Å². The van der Waals surface area contributed by atoms with Crippen molar-refractivity contribution in [3.63, 3.8) is 0 Å². The van der Waals surface area contributed by atoms with Crippen molar-refractivity contribution in [3.8, 4) is 0 Å². The third-order valence-corrected chi connectivity index (χ3v) is 5.29. The summed E-state index contributed by atoms with van der Waals surface area (Å²) < 4.78 is 67.7. The van der Waals surface area contributed by atoms with Gasteiger partial charge in [-0.05, 0) is 30.7 Å². The van der Waals surface area contributed by atoms with Crippen LogP contribution in [-0.4, -0.2) is 22.4 Å². The summed E-state index contributed by atoms with van der Waals surface area (Å²) in [6.07, 6.45) is -2.64. The summed E-state index contributed by atoms with van der Waals surface area (Å²) in [5.74, 6) is -3.32. The third-order valence-electron chi connectivity index (χ3n) is 4.34. The van der Waals surface area contributed by atoms with E-state index in [-0.39, 0.29) is 18.0 Å². The largest absolute Gasteiger partial charge is 0.419 e. The molecule has 0 aliphatic carbocycles. The second-order valence-electron chi connectivity index (χ2n) is 5.87. The van der Waals surface area contributed by atoms with Crippen molar-refractivity contribution in [2.45, 2.75) is 36.8 Å². The molecule has 2 aromatic rings. The number of hydrogen-bond donors (Lipinski definition) is 1. The molecule has 0 bridgehead atoms. The molecule has 2 heterocycles. The minimum Gasteiger partial charge on any atom is -0.319 e. The fourth-order valence-corrected chi connectivity index (χ4v) is 4.06. The molecule has 0 saturated heterocycles. The molecule has 3 rings (SSSR count). The molecule has 0 fully saturated rings. The van der Waals surface area contributed by atoms with E-state index in [9.17, 15) is 22.0 Å². The van der Waals surface area contributed by atoms with Crippen molar-refractivity contribution in [1.82, 2.24) is 14.9 Å². The lowest BCUT2D eigenvalue weighted by Crippen LogP contribution is -2.33. The third kappa shape index (κ3) is 3.57. The fourth-order valence-electron chi connectivity index (χ4n) is 3.11. The zero-order valence-corrected chi connectivity index (χ0v) is 15.2. The Labute approximate surface area is 155 Å². The number of aryl methyl sites for hydroxylation is 1. The first kappa shape index (κ1) is 19.4. The van der Waals surface area contributed by atoms with Crippen LogP contribution in [0, 0.1) is 11.6 Å². The van der Waals surface area contributed by atoms with Crippen LogP contribution in [0.5, 0.6) is 0 Å². The topological polar surface area (TPSA) is 29.9 Å². The standard InChI is InChI=1S/C16H15ClF5N3S/c1-26-15-24-14(17)13-10(23-6-7-25(13)15)5-3-8-2-4-9(16(20,21)22)12(19)11(8)18/h2,4,10,23H,3,5-7H2,1H3. The second-order valence-corrected chi connectivity index (χ2v) is 7.00. The Morgan fingerprint density at radius 1 is 1.31 bits per heavy atom. The average Bonchev–Trinajstić information content (AvgIpc) is 2.92.